The summed E-state index contributed by atoms with van der Waals surface area (Å²) in [5, 5.41) is 0. The van der Waals surface area contributed by atoms with Crippen molar-refractivity contribution in [3.8, 4) is 0 Å². The van der Waals surface area contributed by atoms with Crippen LogP contribution in [0.1, 0.15) is 19.3 Å². The van der Waals surface area contributed by atoms with Gasteiger partial charge >= 0.3 is 0 Å². The van der Waals surface area contributed by atoms with Gasteiger partial charge in [0.25, 0.3) is 0 Å². The Hall–Kier alpha value is -0.0800. The minimum Gasteiger partial charge on any atom is -0.373 e. The fraction of sp³-hybridized carbons (Fsp3) is 1.00. The zero-order chi connectivity index (χ0) is 6.55. The average molecular weight is 140 g/mol. The fourth-order valence-electron chi connectivity index (χ4n) is 2.10. The lowest BCUT2D eigenvalue weighted by molar-refractivity contribution is 0.279. The molecule has 0 amide bonds. The maximum absolute atomic E-state index is 5.43. The third kappa shape index (κ3) is 0.789. The highest BCUT2D eigenvalue weighted by Crippen LogP contribution is 2.43. The van der Waals surface area contributed by atoms with E-state index in [2.05, 4.69) is 0 Å². The second kappa shape index (κ2) is 1.74. The van der Waals surface area contributed by atoms with Crippen molar-refractivity contribution in [2.45, 2.75) is 37.6 Å². The lowest BCUT2D eigenvalue weighted by Gasteiger charge is -2.15. The molecule has 4 atom stereocenters. The molecule has 3 fully saturated rings. The van der Waals surface area contributed by atoms with Crippen molar-refractivity contribution in [2.24, 2.45) is 5.92 Å². The number of hydrogen-bond acceptors (Lipinski definition) is 2. The number of epoxide rings is 2. The topological polar surface area (TPSA) is 25.1 Å². The van der Waals surface area contributed by atoms with Crippen LogP contribution < -0.4 is 0 Å². The first-order chi connectivity index (χ1) is 4.93. The van der Waals surface area contributed by atoms with E-state index in [0.29, 0.717) is 18.3 Å². The molecule has 2 heterocycles. The van der Waals surface area contributed by atoms with E-state index in [9.17, 15) is 0 Å². The van der Waals surface area contributed by atoms with Crippen molar-refractivity contribution in [1.82, 2.24) is 0 Å². The maximum atomic E-state index is 5.43. The van der Waals surface area contributed by atoms with Crippen LogP contribution in [0.2, 0.25) is 0 Å². The van der Waals surface area contributed by atoms with Crippen LogP contribution in [0.3, 0.4) is 0 Å². The molecule has 1 saturated carbocycles. The zero-order valence-corrected chi connectivity index (χ0v) is 5.95. The molecule has 10 heavy (non-hydrogen) atoms. The monoisotopic (exact) mass is 140 g/mol. The summed E-state index contributed by atoms with van der Waals surface area (Å²) in [7, 11) is 0. The first-order valence-corrected chi connectivity index (χ1v) is 4.20. The van der Waals surface area contributed by atoms with E-state index >= 15 is 0 Å². The van der Waals surface area contributed by atoms with Gasteiger partial charge in [-0.15, -0.1) is 0 Å². The molecule has 0 spiro atoms. The van der Waals surface area contributed by atoms with Crippen molar-refractivity contribution < 1.29 is 9.47 Å². The molecular weight excluding hydrogens is 128 g/mol. The SMILES string of the molecule is C1CC2O[C@H]2CC1C1CO1. The van der Waals surface area contributed by atoms with E-state index in [-0.39, 0.29) is 0 Å². The minimum atomic E-state index is 0.616. The van der Waals surface area contributed by atoms with Crippen molar-refractivity contribution in [1.29, 1.82) is 0 Å². The summed E-state index contributed by atoms with van der Waals surface area (Å²) in [4.78, 5) is 0. The third-order valence-electron chi connectivity index (χ3n) is 2.93. The molecule has 0 bridgehead atoms. The maximum Gasteiger partial charge on any atom is 0.0845 e. The molecule has 3 rings (SSSR count). The molecule has 1 aliphatic carbocycles. The standard InChI is InChI=1S/C8H12O2/c1-2-6-7(10-6)3-5(1)8-4-9-8/h5-8H,1-4H2/t5?,6?,7-,8?/m0/s1. The summed E-state index contributed by atoms with van der Waals surface area (Å²) in [6.45, 7) is 1.02. The molecule has 0 aromatic heterocycles. The van der Waals surface area contributed by atoms with Crippen LogP contribution in [-0.2, 0) is 9.47 Å². The Labute approximate surface area is 60.5 Å². The van der Waals surface area contributed by atoms with Crippen LogP contribution in [0, 0.1) is 5.92 Å². The Morgan fingerprint density at radius 2 is 1.90 bits per heavy atom. The van der Waals surface area contributed by atoms with E-state index in [1.165, 1.54) is 19.3 Å². The molecule has 2 aliphatic heterocycles. The summed E-state index contributed by atoms with van der Waals surface area (Å²) >= 11 is 0. The van der Waals surface area contributed by atoms with E-state index in [1.54, 1.807) is 0 Å². The van der Waals surface area contributed by atoms with Crippen LogP contribution in [0.5, 0.6) is 0 Å². The van der Waals surface area contributed by atoms with Crippen LogP contribution >= 0.6 is 0 Å². The number of rotatable bonds is 1. The van der Waals surface area contributed by atoms with Crippen molar-refractivity contribution in [3.05, 3.63) is 0 Å². The highest BCUT2D eigenvalue weighted by Gasteiger charge is 2.48. The summed E-state index contributed by atoms with van der Waals surface area (Å²) in [6.07, 6.45) is 5.79. The largest absolute Gasteiger partial charge is 0.373 e. The zero-order valence-electron chi connectivity index (χ0n) is 5.95. The van der Waals surface area contributed by atoms with Gasteiger partial charge in [-0.1, -0.05) is 0 Å². The molecule has 2 saturated heterocycles. The quantitative estimate of drug-likeness (QED) is 0.507. The fourth-order valence-corrected chi connectivity index (χ4v) is 2.10. The molecule has 2 nitrogen and oxygen atoms in total. The van der Waals surface area contributed by atoms with Crippen LogP contribution in [-0.4, -0.2) is 24.9 Å². The predicted octanol–water partition coefficient (Wildman–Crippen LogP) is 0.953. The van der Waals surface area contributed by atoms with E-state index in [0.717, 1.165) is 12.5 Å². The van der Waals surface area contributed by atoms with E-state index in [1.807, 2.05) is 0 Å². The Morgan fingerprint density at radius 1 is 1.00 bits per heavy atom. The van der Waals surface area contributed by atoms with E-state index < -0.39 is 0 Å². The van der Waals surface area contributed by atoms with Crippen LogP contribution in [0.4, 0.5) is 0 Å². The lowest BCUT2D eigenvalue weighted by atomic mass is 9.87. The van der Waals surface area contributed by atoms with Gasteiger partial charge < -0.3 is 9.47 Å². The predicted molar refractivity (Wildman–Crippen MR) is 35.7 cm³/mol. The first kappa shape index (κ1) is 5.56. The molecule has 0 aromatic carbocycles. The van der Waals surface area contributed by atoms with E-state index in [4.69, 9.17) is 9.47 Å². The number of fused-ring (bicyclic) bond motifs is 1. The van der Waals surface area contributed by atoms with Crippen molar-refractivity contribution in [3.63, 3.8) is 0 Å². The Bertz CT molecular complexity index is 153. The van der Waals surface area contributed by atoms with Gasteiger partial charge in [-0.3, -0.25) is 0 Å². The van der Waals surface area contributed by atoms with Gasteiger partial charge in [0.1, 0.15) is 0 Å². The molecular formula is C8H12O2. The Morgan fingerprint density at radius 3 is 2.60 bits per heavy atom. The first-order valence-electron chi connectivity index (χ1n) is 4.20. The van der Waals surface area contributed by atoms with Gasteiger partial charge in [0.05, 0.1) is 24.9 Å². The van der Waals surface area contributed by atoms with Crippen molar-refractivity contribution in [2.75, 3.05) is 6.61 Å². The molecule has 3 unspecified atom stereocenters. The third-order valence-corrected chi connectivity index (χ3v) is 2.93. The molecule has 3 aliphatic rings. The summed E-state index contributed by atoms with van der Waals surface area (Å²) in [5.41, 5.74) is 0. The highest BCUT2D eigenvalue weighted by molar-refractivity contribution is 4.96. The molecule has 2 heteroatoms. The minimum absolute atomic E-state index is 0.616. The molecule has 0 aromatic rings. The number of ether oxygens (including phenoxy) is 2. The van der Waals surface area contributed by atoms with Gasteiger partial charge in [-0.2, -0.15) is 0 Å². The van der Waals surface area contributed by atoms with Gasteiger partial charge in [-0.05, 0) is 25.2 Å². The van der Waals surface area contributed by atoms with Gasteiger partial charge in [0, 0.05) is 0 Å². The highest BCUT2D eigenvalue weighted by atomic mass is 16.6. The lowest BCUT2D eigenvalue weighted by Crippen LogP contribution is -2.17. The molecule has 0 radical (unpaired) electrons. The van der Waals surface area contributed by atoms with Gasteiger partial charge in [0.2, 0.25) is 0 Å². The molecule has 56 valence electrons. The normalized spacial score (nSPS) is 57.6. The molecule has 0 N–H and O–H groups in total. The second-order valence-electron chi connectivity index (χ2n) is 3.66. The van der Waals surface area contributed by atoms with Crippen LogP contribution in [0.25, 0.3) is 0 Å². The Kier molecular flexibility index (Phi) is 0.968. The van der Waals surface area contributed by atoms with Crippen LogP contribution in [0.15, 0.2) is 0 Å². The van der Waals surface area contributed by atoms with Gasteiger partial charge in [0.15, 0.2) is 0 Å². The summed E-state index contributed by atoms with van der Waals surface area (Å²) < 4.78 is 10.7. The Balaban J connectivity index is 1.65. The average Bonchev–Trinajstić information content (AvgIpc) is 2.83. The number of hydrogen-bond donors (Lipinski definition) is 0. The summed E-state index contributed by atoms with van der Waals surface area (Å²) in [6, 6.07) is 0. The van der Waals surface area contributed by atoms with Gasteiger partial charge in [-0.25, -0.2) is 0 Å². The smallest absolute Gasteiger partial charge is 0.0845 e. The second-order valence-corrected chi connectivity index (χ2v) is 3.66. The van der Waals surface area contributed by atoms with Crippen molar-refractivity contribution >= 4 is 0 Å². The summed E-state index contributed by atoms with van der Waals surface area (Å²) in [5.74, 6) is 0.837.